The number of amides is 1. The van der Waals surface area contributed by atoms with E-state index in [2.05, 4.69) is 19.2 Å². The van der Waals surface area contributed by atoms with Gasteiger partial charge < -0.3 is 5.32 Å². The van der Waals surface area contributed by atoms with E-state index in [1.807, 2.05) is 24.3 Å². The number of hydrogen-bond donors (Lipinski definition) is 1. The predicted octanol–water partition coefficient (Wildman–Crippen LogP) is 4.24. The van der Waals surface area contributed by atoms with Crippen LogP contribution in [0.25, 0.3) is 0 Å². The molecular weight excluding hydrogens is 360 g/mol. The summed E-state index contributed by atoms with van der Waals surface area (Å²) in [5, 5.41) is 2.94. The van der Waals surface area contributed by atoms with E-state index in [0.29, 0.717) is 24.6 Å². The van der Waals surface area contributed by atoms with Crippen molar-refractivity contribution in [2.75, 3.05) is 18.4 Å². The highest BCUT2D eigenvalue weighted by Crippen LogP contribution is 2.27. The van der Waals surface area contributed by atoms with Crippen LogP contribution in [0.15, 0.2) is 53.4 Å². The Morgan fingerprint density at radius 2 is 1.81 bits per heavy atom. The van der Waals surface area contributed by atoms with Gasteiger partial charge in [0.25, 0.3) is 5.91 Å². The number of benzene rings is 2. The fourth-order valence-electron chi connectivity index (χ4n) is 3.33. The van der Waals surface area contributed by atoms with Gasteiger partial charge in [-0.05, 0) is 55.0 Å². The zero-order chi connectivity index (χ0) is 19.4. The van der Waals surface area contributed by atoms with Crippen LogP contribution in [0.4, 0.5) is 5.69 Å². The van der Waals surface area contributed by atoms with Crippen LogP contribution in [0.1, 0.15) is 54.9 Å². The number of carbonyl (C=O) groups excluding carboxylic acids is 1. The van der Waals surface area contributed by atoms with E-state index in [1.54, 1.807) is 18.2 Å². The van der Waals surface area contributed by atoms with E-state index in [4.69, 9.17) is 0 Å². The number of sulfonamides is 1. The largest absolute Gasteiger partial charge is 0.322 e. The Labute approximate surface area is 161 Å². The number of para-hydroxylation sites is 1. The SMILES string of the molecule is CC[C@@H](C)c1ccccc1NC(=O)c1cccc(S(=O)(=O)N2CCCC2)c1. The smallest absolute Gasteiger partial charge is 0.255 e. The Morgan fingerprint density at radius 1 is 1.11 bits per heavy atom. The van der Waals surface area contributed by atoms with Gasteiger partial charge in [-0.25, -0.2) is 8.42 Å². The Bertz CT molecular complexity index is 919. The zero-order valence-corrected chi connectivity index (χ0v) is 16.6. The lowest BCUT2D eigenvalue weighted by atomic mass is 9.97. The maximum Gasteiger partial charge on any atom is 0.255 e. The van der Waals surface area contributed by atoms with Crippen molar-refractivity contribution in [3.8, 4) is 0 Å². The molecule has 144 valence electrons. The summed E-state index contributed by atoms with van der Waals surface area (Å²) in [5.41, 5.74) is 2.19. The fraction of sp³-hybridized carbons (Fsp3) is 0.381. The standard InChI is InChI=1S/C21H26N2O3S/c1-3-16(2)19-11-4-5-12-20(19)22-21(24)17-9-8-10-18(15-17)27(25,26)23-13-6-7-14-23/h4-5,8-12,15-16H,3,6-7,13-14H2,1-2H3,(H,22,24)/t16-/m1/s1. The quantitative estimate of drug-likeness (QED) is 0.808. The molecule has 3 rings (SSSR count). The molecule has 0 radical (unpaired) electrons. The lowest BCUT2D eigenvalue weighted by Gasteiger charge is -2.17. The van der Waals surface area contributed by atoms with Gasteiger partial charge in [-0.1, -0.05) is 38.1 Å². The fourth-order valence-corrected chi connectivity index (χ4v) is 4.89. The normalized spacial score (nSPS) is 16.2. The topological polar surface area (TPSA) is 66.5 Å². The van der Waals surface area contributed by atoms with Gasteiger partial charge in [0.1, 0.15) is 0 Å². The molecule has 1 heterocycles. The maximum absolute atomic E-state index is 12.8. The third-order valence-electron chi connectivity index (χ3n) is 5.15. The van der Waals surface area contributed by atoms with Gasteiger partial charge >= 0.3 is 0 Å². The van der Waals surface area contributed by atoms with Crippen molar-refractivity contribution >= 4 is 21.6 Å². The third kappa shape index (κ3) is 4.22. The summed E-state index contributed by atoms with van der Waals surface area (Å²) in [6.07, 6.45) is 2.73. The molecule has 2 aromatic carbocycles. The predicted molar refractivity (Wildman–Crippen MR) is 108 cm³/mol. The Hall–Kier alpha value is -2.18. The van der Waals surface area contributed by atoms with Crippen LogP contribution >= 0.6 is 0 Å². The lowest BCUT2D eigenvalue weighted by molar-refractivity contribution is 0.102. The average molecular weight is 387 g/mol. The van der Waals surface area contributed by atoms with Crippen LogP contribution in [0.2, 0.25) is 0 Å². The van der Waals surface area contributed by atoms with Crippen molar-refractivity contribution in [2.24, 2.45) is 0 Å². The first-order chi connectivity index (χ1) is 12.9. The van der Waals surface area contributed by atoms with Crippen LogP contribution in [0.3, 0.4) is 0 Å². The molecular formula is C21H26N2O3S. The van der Waals surface area contributed by atoms with Gasteiger partial charge in [-0.3, -0.25) is 4.79 Å². The summed E-state index contributed by atoms with van der Waals surface area (Å²) in [6, 6.07) is 14.0. The van der Waals surface area contributed by atoms with Gasteiger partial charge in [0, 0.05) is 24.3 Å². The second-order valence-corrected chi connectivity index (χ2v) is 8.93. The molecule has 1 N–H and O–H groups in total. The first kappa shape index (κ1) is 19.6. The van der Waals surface area contributed by atoms with E-state index in [1.165, 1.54) is 10.4 Å². The summed E-state index contributed by atoms with van der Waals surface area (Å²) < 4.78 is 27.0. The average Bonchev–Trinajstić information content (AvgIpc) is 3.23. The van der Waals surface area contributed by atoms with Crippen molar-refractivity contribution in [1.82, 2.24) is 4.31 Å². The molecule has 0 unspecified atom stereocenters. The Balaban J connectivity index is 1.85. The maximum atomic E-state index is 12.8. The first-order valence-corrected chi connectivity index (χ1v) is 10.9. The van der Waals surface area contributed by atoms with Crippen LogP contribution in [0, 0.1) is 0 Å². The summed E-state index contributed by atoms with van der Waals surface area (Å²) in [6.45, 7) is 5.31. The van der Waals surface area contributed by atoms with Gasteiger partial charge in [0.2, 0.25) is 10.0 Å². The molecule has 2 aromatic rings. The van der Waals surface area contributed by atoms with E-state index >= 15 is 0 Å². The molecule has 0 aromatic heterocycles. The number of rotatable bonds is 6. The zero-order valence-electron chi connectivity index (χ0n) is 15.8. The summed E-state index contributed by atoms with van der Waals surface area (Å²) in [7, 11) is -3.54. The highest BCUT2D eigenvalue weighted by Gasteiger charge is 2.27. The molecule has 1 aliphatic rings. The summed E-state index contributed by atoms with van der Waals surface area (Å²) in [5.74, 6) is 0.0209. The molecule has 0 saturated carbocycles. The van der Waals surface area contributed by atoms with Crippen LogP contribution in [0.5, 0.6) is 0 Å². The van der Waals surface area contributed by atoms with Crippen LogP contribution in [-0.4, -0.2) is 31.7 Å². The molecule has 5 nitrogen and oxygen atoms in total. The third-order valence-corrected chi connectivity index (χ3v) is 7.05. The van der Waals surface area contributed by atoms with E-state index < -0.39 is 10.0 Å². The number of nitrogens with zero attached hydrogens (tertiary/aromatic N) is 1. The van der Waals surface area contributed by atoms with E-state index in [-0.39, 0.29) is 10.8 Å². The van der Waals surface area contributed by atoms with Gasteiger partial charge in [-0.15, -0.1) is 0 Å². The van der Waals surface area contributed by atoms with Gasteiger partial charge in [-0.2, -0.15) is 4.31 Å². The molecule has 6 heteroatoms. The molecule has 0 spiro atoms. The second-order valence-electron chi connectivity index (χ2n) is 6.99. The number of nitrogens with one attached hydrogen (secondary N) is 1. The lowest BCUT2D eigenvalue weighted by Crippen LogP contribution is -2.28. The van der Waals surface area contributed by atoms with Crippen molar-refractivity contribution in [2.45, 2.75) is 43.9 Å². The van der Waals surface area contributed by atoms with Crippen LogP contribution < -0.4 is 5.32 Å². The highest BCUT2D eigenvalue weighted by molar-refractivity contribution is 7.89. The summed E-state index contributed by atoms with van der Waals surface area (Å²) >= 11 is 0. The first-order valence-electron chi connectivity index (χ1n) is 9.44. The minimum Gasteiger partial charge on any atom is -0.322 e. The number of anilines is 1. The highest BCUT2D eigenvalue weighted by atomic mass is 32.2. The van der Waals surface area contributed by atoms with E-state index in [9.17, 15) is 13.2 Å². The Kier molecular flexibility index (Phi) is 5.97. The summed E-state index contributed by atoms with van der Waals surface area (Å²) in [4.78, 5) is 12.9. The second kappa shape index (κ2) is 8.23. The molecule has 1 aliphatic heterocycles. The van der Waals surface area contributed by atoms with Crippen molar-refractivity contribution in [3.63, 3.8) is 0 Å². The van der Waals surface area contributed by atoms with Crippen molar-refractivity contribution in [1.29, 1.82) is 0 Å². The Morgan fingerprint density at radius 3 is 2.52 bits per heavy atom. The molecule has 0 bridgehead atoms. The molecule has 0 aliphatic carbocycles. The number of carbonyl (C=O) groups is 1. The molecule has 1 atom stereocenters. The minimum atomic E-state index is -3.54. The van der Waals surface area contributed by atoms with Crippen molar-refractivity contribution < 1.29 is 13.2 Å². The monoisotopic (exact) mass is 386 g/mol. The van der Waals surface area contributed by atoms with Gasteiger partial charge in [0.05, 0.1) is 4.90 Å². The van der Waals surface area contributed by atoms with E-state index in [0.717, 1.165) is 30.5 Å². The minimum absolute atomic E-state index is 0.173. The van der Waals surface area contributed by atoms with Crippen molar-refractivity contribution in [3.05, 3.63) is 59.7 Å². The molecule has 1 fully saturated rings. The molecule has 27 heavy (non-hydrogen) atoms. The van der Waals surface area contributed by atoms with Gasteiger partial charge in [0.15, 0.2) is 0 Å². The molecule has 1 amide bonds. The number of hydrogen-bond acceptors (Lipinski definition) is 3. The molecule has 1 saturated heterocycles. The van der Waals surface area contributed by atoms with Crippen LogP contribution in [-0.2, 0) is 10.0 Å².